The van der Waals surface area contributed by atoms with Gasteiger partial charge in [-0.1, -0.05) is 17.7 Å². The van der Waals surface area contributed by atoms with Gasteiger partial charge in [-0.25, -0.2) is 4.79 Å². The summed E-state index contributed by atoms with van der Waals surface area (Å²) in [6.07, 6.45) is 0. The zero-order valence-corrected chi connectivity index (χ0v) is 14.8. The van der Waals surface area contributed by atoms with E-state index in [1.165, 1.54) is 21.8 Å². The fourth-order valence-electron chi connectivity index (χ4n) is 1.79. The Morgan fingerprint density at radius 2 is 1.87 bits per heavy atom. The number of hydrogen-bond acceptors (Lipinski definition) is 5. The van der Waals surface area contributed by atoms with Crippen LogP contribution in [0.15, 0.2) is 41.3 Å². The fraction of sp³-hybridized carbons (Fsp3) is 0.294. The van der Waals surface area contributed by atoms with Gasteiger partial charge in [0.2, 0.25) is 0 Å². The van der Waals surface area contributed by atoms with Crippen LogP contribution < -0.4 is 5.32 Å². The van der Waals surface area contributed by atoms with Gasteiger partial charge in [-0.15, -0.1) is 23.1 Å². The van der Waals surface area contributed by atoms with Crippen LogP contribution in [-0.4, -0.2) is 30.8 Å². The minimum absolute atomic E-state index is 0.245. The Morgan fingerprint density at radius 3 is 2.52 bits per heavy atom. The molecule has 6 heteroatoms. The van der Waals surface area contributed by atoms with Gasteiger partial charge in [0.25, 0.3) is 5.91 Å². The van der Waals surface area contributed by atoms with Crippen LogP contribution in [0.25, 0.3) is 0 Å². The predicted molar refractivity (Wildman–Crippen MR) is 94.3 cm³/mol. The molecule has 0 spiro atoms. The number of hydrogen-bond donors (Lipinski definition) is 1. The highest BCUT2D eigenvalue weighted by Gasteiger charge is 2.11. The molecule has 2 rings (SSSR count). The summed E-state index contributed by atoms with van der Waals surface area (Å²) in [7, 11) is 0. The lowest BCUT2D eigenvalue weighted by Crippen LogP contribution is -2.30. The molecule has 0 radical (unpaired) electrons. The molecule has 122 valence electrons. The number of carbonyl (C=O) groups excluding carboxylic acids is 2. The molecule has 4 nitrogen and oxygen atoms in total. The lowest BCUT2D eigenvalue weighted by Gasteiger charge is -2.06. The topological polar surface area (TPSA) is 55.4 Å². The number of thiophene rings is 1. The fourth-order valence-corrected chi connectivity index (χ4v) is 3.32. The van der Waals surface area contributed by atoms with Crippen LogP contribution in [0, 0.1) is 13.8 Å². The first-order chi connectivity index (χ1) is 11.0. The lowest BCUT2D eigenvalue weighted by atomic mass is 10.2. The molecule has 0 bridgehead atoms. The molecule has 1 aromatic heterocycles. The Morgan fingerprint density at radius 1 is 1.13 bits per heavy atom. The number of ether oxygens (including phenoxy) is 1. The molecule has 0 saturated carbocycles. The van der Waals surface area contributed by atoms with Gasteiger partial charge in [-0.05, 0) is 38.1 Å². The van der Waals surface area contributed by atoms with Gasteiger partial charge in [-0.2, -0.15) is 0 Å². The number of aryl methyl sites for hydroxylation is 2. The molecule has 0 fully saturated rings. The molecule has 1 heterocycles. The standard InChI is InChI=1S/C17H19NO3S2/c1-12-3-6-14(7-4-12)22-10-9-18-16(19)11-21-17(20)15-8-5-13(2)23-15/h3-8H,9-11H2,1-2H3,(H,18,19). The van der Waals surface area contributed by atoms with Crippen molar-refractivity contribution in [3.63, 3.8) is 0 Å². The van der Waals surface area contributed by atoms with E-state index in [0.717, 1.165) is 10.6 Å². The minimum atomic E-state index is -0.452. The first-order valence-electron chi connectivity index (χ1n) is 7.24. The number of nitrogens with one attached hydrogen (secondary N) is 1. The van der Waals surface area contributed by atoms with Crippen LogP contribution in [0.2, 0.25) is 0 Å². The van der Waals surface area contributed by atoms with Crippen molar-refractivity contribution in [3.05, 3.63) is 51.7 Å². The van der Waals surface area contributed by atoms with Crippen LogP contribution in [-0.2, 0) is 9.53 Å². The summed E-state index contributed by atoms with van der Waals surface area (Å²) in [4.78, 5) is 26.1. The summed E-state index contributed by atoms with van der Waals surface area (Å²) >= 11 is 3.03. The summed E-state index contributed by atoms with van der Waals surface area (Å²) in [5.41, 5.74) is 1.23. The molecule has 0 aliphatic carbocycles. The third-order valence-corrected chi connectivity index (χ3v) is 4.98. The Bertz CT molecular complexity index is 665. The highest BCUT2D eigenvalue weighted by molar-refractivity contribution is 7.99. The first-order valence-corrected chi connectivity index (χ1v) is 9.04. The van der Waals surface area contributed by atoms with Crippen molar-refractivity contribution in [1.29, 1.82) is 0 Å². The molecule has 1 amide bonds. The number of carbonyl (C=O) groups is 2. The van der Waals surface area contributed by atoms with E-state index >= 15 is 0 Å². The molecule has 0 aliphatic heterocycles. The van der Waals surface area contributed by atoms with Gasteiger partial charge in [0.15, 0.2) is 6.61 Å². The van der Waals surface area contributed by atoms with E-state index in [4.69, 9.17) is 4.74 Å². The predicted octanol–water partition coefficient (Wildman–Crippen LogP) is 3.43. The van der Waals surface area contributed by atoms with Crippen molar-refractivity contribution in [1.82, 2.24) is 5.32 Å². The zero-order chi connectivity index (χ0) is 16.7. The first kappa shape index (κ1) is 17.6. The van der Waals surface area contributed by atoms with E-state index in [1.807, 2.05) is 19.9 Å². The maximum atomic E-state index is 11.7. The summed E-state index contributed by atoms with van der Waals surface area (Å²) in [5, 5.41) is 2.74. The molecule has 1 N–H and O–H groups in total. The average molecular weight is 349 g/mol. The van der Waals surface area contributed by atoms with E-state index < -0.39 is 5.97 Å². The second-order valence-electron chi connectivity index (χ2n) is 5.00. The Balaban J connectivity index is 1.61. The van der Waals surface area contributed by atoms with Crippen molar-refractivity contribution in [2.45, 2.75) is 18.7 Å². The highest BCUT2D eigenvalue weighted by Crippen LogP contribution is 2.17. The van der Waals surface area contributed by atoms with Gasteiger partial charge in [0, 0.05) is 22.1 Å². The second kappa shape index (κ2) is 8.74. The molecule has 23 heavy (non-hydrogen) atoms. The Hall–Kier alpha value is -1.79. The second-order valence-corrected chi connectivity index (χ2v) is 7.45. The third-order valence-electron chi connectivity index (χ3n) is 2.99. The normalized spacial score (nSPS) is 10.3. The lowest BCUT2D eigenvalue weighted by molar-refractivity contribution is -0.124. The number of esters is 1. The van der Waals surface area contributed by atoms with Crippen molar-refractivity contribution < 1.29 is 14.3 Å². The molecular weight excluding hydrogens is 330 g/mol. The molecule has 0 saturated heterocycles. The van der Waals surface area contributed by atoms with Gasteiger partial charge in [0.05, 0.1) is 0 Å². The number of thioether (sulfide) groups is 1. The largest absolute Gasteiger partial charge is 0.451 e. The maximum absolute atomic E-state index is 11.7. The van der Waals surface area contributed by atoms with E-state index in [2.05, 4.69) is 29.6 Å². The van der Waals surface area contributed by atoms with Crippen molar-refractivity contribution in [2.75, 3.05) is 18.9 Å². The number of rotatable bonds is 7. The van der Waals surface area contributed by atoms with Crippen LogP contribution >= 0.6 is 23.1 Å². The van der Waals surface area contributed by atoms with Gasteiger partial charge in [0.1, 0.15) is 4.88 Å². The zero-order valence-electron chi connectivity index (χ0n) is 13.1. The molecule has 1 aromatic carbocycles. The average Bonchev–Trinajstić information content (AvgIpc) is 2.97. The minimum Gasteiger partial charge on any atom is -0.451 e. The number of benzene rings is 1. The van der Waals surface area contributed by atoms with Crippen LogP contribution in [0.5, 0.6) is 0 Å². The van der Waals surface area contributed by atoms with E-state index in [1.54, 1.807) is 17.8 Å². The quantitative estimate of drug-likeness (QED) is 0.473. The van der Waals surface area contributed by atoms with Gasteiger partial charge in [-0.3, -0.25) is 4.79 Å². The summed E-state index contributed by atoms with van der Waals surface area (Å²) in [5.74, 6) is 0.0378. The summed E-state index contributed by atoms with van der Waals surface area (Å²) < 4.78 is 4.98. The van der Waals surface area contributed by atoms with E-state index in [9.17, 15) is 9.59 Å². The SMILES string of the molecule is Cc1ccc(SCCNC(=O)COC(=O)c2ccc(C)s2)cc1. The Kier molecular flexibility index (Phi) is 6.67. The smallest absolute Gasteiger partial charge is 0.348 e. The summed E-state index contributed by atoms with van der Waals surface area (Å²) in [6.45, 7) is 4.26. The summed E-state index contributed by atoms with van der Waals surface area (Å²) in [6, 6.07) is 11.8. The third kappa shape index (κ3) is 6.08. The van der Waals surface area contributed by atoms with Crippen LogP contribution in [0.3, 0.4) is 0 Å². The molecule has 2 aromatic rings. The van der Waals surface area contributed by atoms with Crippen molar-refractivity contribution in [3.8, 4) is 0 Å². The number of amides is 1. The maximum Gasteiger partial charge on any atom is 0.348 e. The molecular formula is C17H19NO3S2. The Labute approximate surface area is 144 Å². The highest BCUT2D eigenvalue weighted by atomic mass is 32.2. The van der Waals surface area contributed by atoms with Crippen LogP contribution in [0.4, 0.5) is 0 Å². The van der Waals surface area contributed by atoms with Crippen molar-refractivity contribution in [2.24, 2.45) is 0 Å². The molecule has 0 atom stereocenters. The molecule has 0 unspecified atom stereocenters. The van der Waals surface area contributed by atoms with Gasteiger partial charge >= 0.3 is 5.97 Å². The van der Waals surface area contributed by atoms with Gasteiger partial charge < -0.3 is 10.1 Å². The monoisotopic (exact) mass is 349 g/mol. The molecule has 0 aliphatic rings. The van der Waals surface area contributed by atoms with Crippen molar-refractivity contribution >= 4 is 35.0 Å². The van der Waals surface area contributed by atoms with Crippen LogP contribution in [0.1, 0.15) is 20.1 Å². The van der Waals surface area contributed by atoms with E-state index in [0.29, 0.717) is 11.4 Å². The van der Waals surface area contributed by atoms with E-state index in [-0.39, 0.29) is 12.5 Å².